The van der Waals surface area contributed by atoms with Gasteiger partial charge in [0.1, 0.15) is 0 Å². The molecule has 0 aromatic heterocycles. The molecule has 0 bridgehead atoms. The van der Waals surface area contributed by atoms with Gasteiger partial charge in [-0.2, -0.15) is 0 Å². The molecule has 196 valence electrons. The molecular formula is C31H35N5O2. The van der Waals surface area contributed by atoms with Gasteiger partial charge in [-0.15, -0.1) is 0 Å². The number of rotatable bonds is 6. The van der Waals surface area contributed by atoms with Crippen molar-refractivity contribution in [3.63, 3.8) is 0 Å². The van der Waals surface area contributed by atoms with Gasteiger partial charge in [0.05, 0.1) is 12.1 Å². The molecule has 3 aromatic carbocycles. The van der Waals surface area contributed by atoms with Gasteiger partial charge in [0.15, 0.2) is 0 Å². The number of carbonyl (C=O) groups excluding carboxylic acids is 2. The third-order valence-corrected chi connectivity index (χ3v) is 8.33. The number of carbonyl (C=O) groups is 2. The number of benzene rings is 3. The molecule has 3 fully saturated rings. The zero-order chi connectivity index (χ0) is 25.9. The zero-order valence-corrected chi connectivity index (χ0v) is 21.5. The molecule has 3 aliphatic heterocycles. The Hall–Kier alpha value is -3.68. The summed E-state index contributed by atoms with van der Waals surface area (Å²) in [5.41, 5.74) is 3.73. The Morgan fingerprint density at radius 2 is 1.61 bits per heavy atom. The van der Waals surface area contributed by atoms with E-state index in [0.717, 1.165) is 50.4 Å². The number of anilines is 2. The number of nitrogens with zero attached hydrogens (tertiary/aromatic N) is 1. The van der Waals surface area contributed by atoms with Crippen molar-refractivity contribution in [3.05, 3.63) is 96.1 Å². The molecule has 0 saturated carbocycles. The fourth-order valence-corrected chi connectivity index (χ4v) is 6.49. The lowest BCUT2D eigenvalue weighted by atomic mass is 9.67. The van der Waals surface area contributed by atoms with E-state index in [9.17, 15) is 9.59 Å². The van der Waals surface area contributed by atoms with Crippen LogP contribution in [0.4, 0.5) is 11.4 Å². The molecule has 5 unspecified atom stereocenters. The van der Waals surface area contributed by atoms with Gasteiger partial charge >= 0.3 is 0 Å². The first-order valence-corrected chi connectivity index (χ1v) is 13.7. The maximum Gasteiger partial charge on any atom is 0.255 e. The average molecular weight is 510 g/mol. The normalized spacial score (nSPS) is 26.9. The van der Waals surface area contributed by atoms with Crippen molar-refractivity contribution in [2.24, 2.45) is 17.8 Å². The minimum atomic E-state index is -0.116. The number of fused-ring (bicyclic) bond motifs is 3. The van der Waals surface area contributed by atoms with Crippen LogP contribution < -0.4 is 21.3 Å². The van der Waals surface area contributed by atoms with Crippen LogP contribution in [-0.4, -0.2) is 48.6 Å². The molecule has 0 spiro atoms. The van der Waals surface area contributed by atoms with Crippen LogP contribution in [0.2, 0.25) is 0 Å². The average Bonchev–Trinajstić information content (AvgIpc) is 2.95. The fraction of sp³-hybridized carbons (Fsp3) is 0.355. The van der Waals surface area contributed by atoms with Crippen molar-refractivity contribution in [3.8, 4) is 0 Å². The minimum Gasteiger partial charge on any atom is -0.382 e. The summed E-state index contributed by atoms with van der Waals surface area (Å²) in [5.74, 6) is 0.738. The van der Waals surface area contributed by atoms with E-state index in [2.05, 4.69) is 50.4 Å². The summed E-state index contributed by atoms with van der Waals surface area (Å²) in [5, 5.41) is 13.6. The Balaban J connectivity index is 1.12. The lowest BCUT2D eigenvalue weighted by Gasteiger charge is -2.52. The van der Waals surface area contributed by atoms with Crippen molar-refractivity contribution in [2.75, 3.05) is 30.3 Å². The van der Waals surface area contributed by atoms with Gasteiger partial charge in [-0.25, -0.2) is 0 Å². The molecule has 5 atom stereocenters. The van der Waals surface area contributed by atoms with E-state index in [1.165, 1.54) is 5.56 Å². The van der Waals surface area contributed by atoms with Crippen molar-refractivity contribution in [1.29, 1.82) is 0 Å². The van der Waals surface area contributed by atoms with Crippen LogP contribution in [0, 0.1) is 17.8 Å². The highest BCUT2D eigenvalue weighted by Gasteiger charge is 2.50. The lowest BCUT2D eigenvalue weighted by molar-refractivity contribution is -0.138. The second-order valence-corrected chi connectivity index (χ2v) is 10.7. The van der Waals surface area contributed by atoms with Gasteiger partial charge < -0.3 is 16.0 Å². The van der Waals surface area contributed by atoms with Gasteiger partial charge in [-0.3, -0.25) is 19.8 Å². The van der Waals surface area contributed by atoms with Crippen LogP contribution in [0.25, 0.3) is 0 Å². The summed E-state index contributed by atoms with van der Waals surface area (Å²) in [4.78, 5) is 28.1. The molecule has 3 aliphatic rings. The molecule has 4 N–H and O–H groups in total. The highest BCUT2D eigenvalue weighted by Crippen LogP contribution is 2.40. The van der Waals surface area contributed by atoms with Crippen LogP contribution in [0.15, 0.2) is 84.9 Å². The topological polar surface area (TPSA) is 85.5 Å². The predicted octanol–water partition coefficient (Wildman–Crippen LogP) is 3.92. The van der Waals surface area contributed by atoms with E-state index in [1.54, 1.807) is 12.1 Å². The smallest absolute Gasteiger partial charge is 0.255 e. The van der Waals surface area contributed by atoms with Gasteiger partial charge in [-0.1, -0.05) is 48.5 Å². The largest absolute Gasteiger partial charge is 0.382 e. The first-order valence-electron chi connectivity index (χ1n) is 13.7. The highest BCUT2D eigenvalue weighted by atomic mass is 16.2. The summed E-state index contributed by atoms with van der Waals surface area (Å²) in [6.07, 6.45) is 2.02. The van der Waals surface area contributed by atoms with E-state index in [4.69, 9.17) is 0 Å². The highest BCUT2D eigenvalue weighted by molar-refractivity contribution is 6.04. The van der Waals surface area contributed by atoms with Crippen molar-refractivity contribution >= 4 is 23.2 Å². The van der Waals surface area contributed by atoms with Crippen LogP contribution in [0.5, 0.6) is 0 Å². The molecular weight excluding hydrogens is 474 g/mol. The maximum absolute atomic E-state index is 13.1. The second kappa shape index (κ2) is 11.0. The third kappa shape index (κ3) is 5.30. The van der Waals surface area contributed by atoms with Crippen LogP contribution >= 0.6 is 0 Å². The molecule has 3 aromatic rings. The Morgan fingerprint density at radius 1 is 0.895 bits per heavy atom. The van der Waals surface area contributed by atoms with Crippen LogP contribution in [0.3, 0.4) is 0 Å². The summed E-state index contributed by atoms with van der Waals surface area (Å²) in [6, 6.07) is 27.9. The molecule has 7 heteroatoms. The fourth-order valence-electron chi connectivity index (χ4n) is 6.49. The van der Waals surface area contributed by atoms with Crippen LogP contribution in [-0.2, 0) is 11.3 Å². The summed E-state index contributed by atoms with van der Waals surface area (Å²) >= 11 is 0. The molecule has 7 nitrogen and oxygen atoms in total. The predicted molar refractivity (Wildman–Crippen MR) is 150 cm³/mol. The van der Waals surface area contributed by atoms with Crippen molar-refractivity contribution in [2.45, 2.75) is 31.6 Å². The van der Waals surface area contributed by atoms with E-state index in [-0.39, 0.29) is 29.9 Å². The number of hydrogen-bond donors (Lipinski definition) is 4. The Kier molecular flexibility index (Phi) is 7.12. The molecule has 0 radical (unpaired) electrons. The molecule has 38 heavy (non-hydrogen) atoms. The first-order chi connectivity index (χ1) is 18.6. The standard InChI is InChI=1S/C31H35N5O2/c37-30(22-9-5-2-6-10-22)34-24-13-11-23(12-14-24)33-27-15-17-32-29-28(27)25-16-18-36(20-26(25)31(38)35-29)19-21-7-3-1-4-8-21/h1-14,25-29,32-33H,15-20H2,(H,34,37)(H,35,38). The summed E-state index contributed by atoms with van der Waals surface area (Å²) in [6.45, 7) is 3.56. The van der Waals surface area contributed by atoms with Crippen LogP contribution in [0.1, 0.15) is 28.8 Å². The Bertz CT molecular complexity index is 1250. The number of likely N-dealkylation sites (tertiary alicyclic amines) is 1. The van der Waals surface area contributed by atoms with Crippen molar-refractivity contribution in [1.82, 2.24) is 15.5 Å². The number of piperidine rings is 3. The Labute approximate surface area is 224 Å². The number of nitrogens with one attached hydrogen (secondary N) is 4. The molecule has 3 saturated heterocycles. The zero-order valence-electron chi connectivity index (χ0n) is 21.5. The molecule has 3 heterocycles. The quantitative estimate of drug-likeness (QED) is 0.405. The van der Waals surface area contributed by atoms with Crippen molar-refractivity contribution < 1.29 is 9.59 Å². The SMILES string of the molecule is O=C(Nc1ccc(NC2CCNC3NC(=O)C4CN(Cc5ccccc5)CCC4C23)cc1)c1ccccc1. The van der Waals surface area contributed by atoms with Gasteiger partial charge in [0.2, 0.25) is 5.91 Å². The van der Waals surface area contributed by atoms with E-state index >= 15 is 0 Å². The molecule has 0 aliphatic carbocycles. The molecule has 6 rings (SSSR count). The number of hydrogen-bond acceptors (Lipinski definition) is 5. The van der Waals surface area contributed by atoms with E-state index in [1.807, 2.05) is 48.5 Å². The second-order valence-electron chi connectivity index (χ2n) is 10.7. The first kappa shape index (κ1) is 24.6. The molecule has 2 amide bonds. The Morgan fingerprint density at radius 3 is 2.37 bits per heavy atom. The van der Waals surface area contributed by atoms with E-state index in [0.29, 0.717) is 17.4 Å². The van der Waals surface area contributed by atoms with E-state index < -0.39 is 0 Å². The monoisotopic (exact) mass is 509 g/mol. The lowest BCUT2D eigenvalue weighted by Crippen LogP contribution is -2.69. The van der Waals surface area contributed by atoms with Gasteiger partial charge in [0, 0.05) is 42.0 Å². The minimum absolute atomic E-state index is 0.0000992. The van der Waals surface area contributed by atoms with Gasteiger partial charge in [0.25, 0.3) is 5.91 Å². The van der Waals surface area contributed by atoms with Gasteiger partial charge in [-0.05, 0) is 73.8 Å². The summed E-state index contributed by atoms with van der Waals surface area (Å²) < 4.78 is 0. The summed E-state index contributed by atoms with van der Waals surface area (Å²) in [7, 11) is 0. The maximum atomic E-state index is 13.1. The third-order valence-electron chi connectivity index (χ3n) is 8.33. The number of amides is 2.